The molecular formula is C20H21Cl2FN2O5. The van der Waals surface area contributed by atoms with Gasteiger partial charge in [-0.25, -0.2) is 13.9 Å². The maximum Gasteiger partial charge on any atom is 0.334 e. The van der Waals surface area contributed by atoms with Gasteiger partial charge in [-0.3, -0.25) is 9.48 Å². The minimum atomic E-state index is -0.691. The van der Waals surface area contributed by atoms with Crippen molar-refractivity contribution < 1.29 is 23.4 Å². The molecule has 0 amide bonds. The molecule has 10 heteroatoms. The molecule has 0 N–H and O–H groups in total. The van der Waals surface area contributed by atoms with E-state index in [1.54, 1.807) is 11.6 Å². The first-order valence-electron chi connectivity index (χ1n) is 9.40. The summed E-state index contributed by atoms with van der Waals surface area (Å²) in [5.74, 6) is -0.968. The van der Waals surface area contributed by atoms with Crippen molar-refractivity contribution in [2.24, 2.45) is 0 Å². The van der Waals surface area contributed by atoms with Crippen LogP contribution >= 0.6 is 23.2 Å². The van der Waals surface area contributed by atoms with E-state index in [-0.39, 0.29) is 51.6 Å². The molecule has 0 spiro atoms. The van der Waals surface area contributed by atoms with E-state index in [4.69, 9.17) is 37.4 Å². The van der Waals surface area contributed by atoms with E-state index in [9.17, 15) is 14.0 Å². The Morgan fingerprint density at radius 1 is 1.23 bits per heavy atom. The Balaban J connectivity index is 1.93. The lowest BCUT2D eigenvalue weighted by Crippen LogP contribution is -2.27. The summed E-state index contributed by atoms with van der Waals surface area (Å²) in [5, 5.41) is 0.176. The zero-order valence-corrected chi connectivity index (χ0v) is 18.1. The third-order valence-electron chi connectivity index (χ3n) is 4.65. The second-order valence-corrected chi connectivity index (χ2v) is 7.31. The summed E-state index contributed by atoms with van der Waals surface area (Å²) < 4.78 is 33.4. The van der Waals surface area contributed by atoms with Crippen molar-refractivity contribution in [3.8, 4) is 16.9 Å². The molecule has 0 aliphatic carbocycles. The third kappa shape index (κ3) is 4.49. The van der Waals surface area contributed by atoms with Crippen molar-refractivity contribution in [1.29, 1.82) is 0 Å². The summed E-state index contributed by atoms with van der Waals surface area (Å²) in [4.78, 5) is 24.4. The Morgan fingerprint density at radius 2 is 1.93 bits per heavy atom. The molecule has 2 aromatic rings. The fourth-order valence-corrected chi connectivity index (χ4v) is 3.77. The van der Waals surface area contributed by atoms with Gasteiger partial charge in [-0.15, -0.1) is 0 Å². The minimum absolute atomic E-state index is 0.00281. The molecule has 3 rings (SSSR count). The first kappa shape index (κ1) is 22.2. The highest BCUT2D eigenvalue weighted by atomic mass is 35.5. The van der Waals surface area contributed by atoms with Crippen LogP contribution < -0.4 is 10.3 Å². The molecule has 1 aliphatic rings. The third-order valence-corrected chi connectivity index (χ3v) is 5.33. The zero-order chi connectivity index (χ0) is 21.8. The van der Waals surface area contributed by atoms with E-state index >= 15 is 0 Å². The maximum absolute atomic E-state index is 14.7. The summed E-state index contributed by atoms with van der Waals surface area (Å²) in [5.41, 5.74) is -0.314. The Morgan fingerprint density at radius 3 is 2.57 bits per heavy atom. The van der Waals surface area contributed by atoms with Gasteiger partial charge < -0.3 is 14.2 Å². The summed E-state index contributed by atoms with van der Waals surface area (Å²) >= 11 is 12.5. The van der Waals surface area contributed by atoms with E-state index in [1.165, 1.54) is 17.9 Å². The molecule has 0 fully saturated rings. The number of carbonyl (C=O) groups excluding carboxylic acids is 1. The molecule has 0 saturated carbocycles. The number of ether oxygens (including phenoxy) is 3. The van der Waals surface area contributed by atoms with Gasteiger partial charge in [0.25, 0.3) is 5.56 Å². The molecular weight excluding hydrogens is 438 g/mol. The van der Waals surface area contributed by atoms with Crippen molar-refractivity contribution in [3.63, 3.8) is 0 Å². The molecule has 30 heavy (non-hydrogen) atoms. The molecule has 162 valence electrons. The number of carbonyl (C=O) groups is 1. The van der Waals surface area contributed by atoms with E-state index in [1.807, 2.05) is 0 Å². The predicted molar refractivity (Wildman–Crippen MR) is 111 cm³/mol. The van der Waals surface area contributed by atoms with Crippen LogP contribution in [0.15, 0.2) is 28.8 Å². The number of rotatable bonds is 7. The van der Waals surface area contributed by atoms with E-state index in [2.05, 4.69) is 0 Å². The number of methoxy groups -OCH3 is 1. The highest BCUT2D eigenvalue weighted by Gasteiger charge is 2.25. The highest BCUT2D eigenvalue weighted by Crippen LogP contribution is 2.36. The van der Waals surface area contributed by atoms with Crippen LogP contribution in [0, 0.1) is 5.82 Å². The van der Waals surface area contributed by atoms with Crippen LogP contribution in [-0.2, 0) is 27.4 Å². The molecule has 1 aromatic heterocycles. The molecule has 0 atom stereocenters. The molecule has 0 unspecified atom stereocenters. The molecule has 1 aromatic carbocycles. The van der Waals surface area contributed by atoms with Crippen molar-refractivity contribution >= 4 is 29.2 Å². The van der Waals surface area contributed by atoms with Crippen molar-refractivity contribution in [2.45, 2.75) is 32.9 Å². The summed E-state index contributed by atoms with van der Waals surface area (Å²) in [6, 6.07) is 2.38. The predicted octanol–water partition coefficient (Wildman–Crippen LogP) is 4.03. The zero-order valence-electron chi connectivity index (χ0n) is 16.5. The lowest BCUT2D eigenvalue weighted by molar-refractivity contribution is -0.137. The fourth-order valence-electron chi connectivity index (χ4n) is 3.21. The Labute approximate surface area is 182 Å². The quantitative estimate of drug-likeness (QED) is 0.355. The SMILES string of the molecule is CCOC(=O)/C=C(\COc1cc(-c2c(Cl)n3n(c2=O)CCCC3)c(F)cc1Cl)OC. The smallest absolute Gasteiger partial charge is 0.334 e. The topological polar surface area (TPSA) is 71.7 Å². The van der Waals surface area contributed by atoms with Crippen LogP contribution in [0.1, 0.15) is 19.8 Å². The number of aromatic nitrogens is 2. The first-order valence-corrected chi connectivity index (χ1v) is 10.2. The van der Waals surface area contributed by atoms with Gasteiger partial charge in [0.05, 0.1) is 30.4 Å². The molecule has 0 radical (unpaired) electrons. The lowest BCUT2D eigenvalue weighted by Gasteiger charge is -2.17. The van der Waals surface area contributed by atoms with Crippen molar-refractivity contribution in [3.05, 3.63) is 50.3 Å². The van der Waals surface area contributed by atoms with E-state index in [0.29, 0.717) is 13.1 Å². The maximum atomic E-state index is 14.7. The fraction of sp³-hybridized carbons (Fsp3) is 0.400. The van der Waals surface area contributed by atoms with E-state index in [0.717, 1.165) is 25.0 Å². The van der Waals surface area contributed by atoms with Gasteiger partial charge in [-0.1, -0.05) is 23.2 Å². The summed E-state index contributed by atoms with van der Waals surface area (Å²) in [6.07, 6.45) is 2.88. The number of esters is 1. The second-order valence-electron chi connectivity index (χ2n) is 6.54. The number of benzene rings is 1. The molecule has 2 heterocycles. The van der Waals surface area contributed by atoms with Crippen LogP contribution in [0.3, 0.4) is 0 Å². The van der Waals surface area contributed by atoms with Gasteiger partial charge in [0, 0.05) is 18.7 Å². The summed E-state index contributed by atoms with van der Waals surface area (Å²) in [6.45, 7) is 2.86. The molecule has 0 saturated heterocycles. The standard InChI is InChI=1S/C20H21Cl2FN2O5/c1-3-29-17(26)8-12(28-2)11-30-16-9-13(15(23)10-14(16)21)18-19(22)24-6-4-5-7-25(24)20(18)27/h8-10H,3-7,11H2,1-2H3/b12-8+. The molecule has 1 aliphatic heterocycles. The Hall–Kier alpha value is -2.45. The monoisotopic (exact) mass is 458 g/mol. The van der Waals surface area contributed by atoms with Crippen LogP contribution in [-0.4, -0.2) is 35.7 Å². The van der Waals surface area contributed by atoms with Crippen LogP contribution in [0.2, 0.25) is 10.2 Å². The largest absolute Gasteiger partial charge is 0.497 e. The van der Waals surface area contributed by atoms with Crippen molar-refractivity contribution in [2.75, 3.05) is 20.3 Å². The average Bonchev–Trinajstić information content (AvgIpc) is 2.97. The number of nitrogens with zero attached hydrogens (tertiary/aromatic N) is 2. The number of hydrogen-bond acceptors (Lipinski definition) is 5. The normalized spacial score (nSPS) is 13.7. The minimum Gasteiger partial charge on any atom is -0.497 e. The molecule has 0 bridgehead atoms. The van der Waals surface area contributed by atoms with Gasteiger partial charge in [0.1, 0.15) is 29.1 Å². The number of hydrogen-bond donors (Lipinski definition) is 0. The average molecular weight is 459 g/mol. The Kier molecular flexibility index (Phi) is 7.10. The summed E-state index contributed by atoms with van der Waals surface area (Å²) in [7, 11) is 1.37. The van der Waals surface area contributed by atoms with Gasteiger partial charge in [0.15, 0.2) is 0 Å². The van der Waals surface area contributed by atoms with Crippen LogP contribution in [0.5, 0.6) is 5.75 Å². The number of halogens is 3. The number of fused-ring (bicyclic) bond motifs is 1. The first-order chi connectivity index (χ1) is 14.4. The highest BCUT2D eigenvalue weighted by molar-refractivity contribution is 6.33. The van der Waals surface area contributed by atoms with Gasteiger partial charge in [0.2, 0.25) is 0 Å². The van der Waals surface area contributed by atoms with Gasteiger partial charge >= 0.3 is 5.97 Å². The molecule has 7 nitrogen and oxygen atoms in total. The second kappa shape index (κ2) is 9.57. The van der Waals surface area contributed by atoms with Crippen LogP contribution in [0.25, 0.3) is 11.1 Å². The van der Waals surface area contributed by atoms with Crippen LogP contribution in [0.4, 0.5) is 4.39 Å². The van der Waals surface area contributed by atoms with Gasteiger partial charge in [-0.2, -0.15) is 0 Å². The Bertz CT molecular complexity index is 1040. The van der Waals surface area contributed by atoms with Gasteiger partial charge in [-0.05, 0) is 31.9 Å². The van der Waals surface area contributed by atoms with E-state index < -0.39 is 11.8 Å². The van der Waals surface area contributed by atoms with Crippen molar-refractivity contribution in [1.82, 2.24) is 9.36 Å². The lowest BCUT2D eigenvalue weighted by atomic mass is 10.1.